The van der Waals surface area contributed by atoms with E-state index in [1.807, 2.05) is 0 Å². The van der Waals surface area contributed by atoms with Gasteiger partial charge in [0, 0.05) is 24.8 Å². The van der Waals surface area contributed by atoms with Gasteiger partial charge in [-0.3, -0.25) is 9.52 Å². The lowest BCUT2D eigenvalue weighted by Gasteiger charge is -2.17. The van der Waals surface area contributed by atoms with Gasteiger partial charge < -0.3 is 10.8 Å². The number of hydrogen-bond acceptors (Lipinski definition) is 4. The van der Waals surface area contributed by atoms with Crippen LogP contribution in [0.4, 0.5) is 5.69 Å². The SMILES string of the molecule is CN(CCO)S(=O)(=O)Nc1ccc(C(N)=O)cc1. The van der Waals surface area contributed by atoms with Crippen molar-refractivity contribution in [1.29, 1.82) is 0 Å². The summed E-state index contributed by atoms with van der Waals surface area (Å²) >= 11 is 0. The average molecular weight is 273 g/mol. The van der Waals surface area contributed by atoms with Gasteiger partial charge in [-0.15, -0.1) is 0 Å². The Bertz CT molecular complexity index is 512. The summed E-state index contributed by atoms with van der Waals surface area (Å²) in [6, 6.07) is 5.72. The lowest BCUT2D eigenvalue weighted by atomic mass is 10.2. The second kappa shape index (κ2) is 5.80. The first-order valence-electron chi connectivity index (χ1n) is 5.11. The molecule has 7 nitrogen and oxygen atoms in total. The molecule has 0 aromatic heterocycles. The number of aliphatic hydroxyl groups excluding tert-OH is 1. The Morgan fingerprint density at radius 2 is 1.94 bits per heavy atom. The first kappa shape index (κ1) is 14.4. The first-order chi connectivity index (χ1) is 8.36. The van der Waals surface area contributed by atoms with E-state index in [2.05, 4.69) is 4.72 Å². The highest BCUT2D eigenvalue weighted by Crippen LogP contribution is 2.12. The molecule has 0 bridgehead atoms. The second-order valence-electron chi connectivity index (χ2n) is 3.59. The van der Waals surface area contributed by atoms with E-state index in [1.54, 1.807) is 0 Å². The standard InChI is InChI=1S/C10H15N3O4S/c1-13(6-7-14)18(16,17)12-9-4-2-8(3-5-9)10(11)15/h2-5,12,14H,6-7H2,1H3,(H2,11,15). The Balaban J connectivity index is 2.81. The van der Waals surface area contributed by atoms with E-state index in [0.29, 0.717) is 11.3 Å². The molecular formula is C10H15N3O4S. The molecule has 0 unspecified atom stereocenters. The molecule has 0 spiro atoms. The minimum atomic E-state index is -3.70. The Hall–Kier alpha value is -1.64. The van der Waals surface area contributed by atoms with Gasteiger partial charge in [0.2, 0.25) is 5.91 Å². The van der Waals surface area contributed by atoms with Gasteiger partial charge in [-0.2, -0.15) is 12.7 Å². The van der Waals surface area contributed by atoms with Crippen molar-refractivity contribution >= 4 is 21.8 Å². The molecule has 1 aromatic carbocycles. The molecule has 0 saturated carbocycles. The fraction of sp³-hybridized carbons (Fsp3) is 0.300. The summed E-state index contributed by atoms with van der Waals surface area (Å²) < 4.78 is 26.7. The van der Waals surface area contributed by atoms with Crippen molar-refractivity contribution < 1.29 is 18.3 Å². The quantitative estimate of drug-likeness (QED) is 0.640. The number of amides is 1. The van der Waals surface area contributed by atoms with E-state index < -0.39 is 16.1 Å². The molecule has 0 aliphatic rings. The van der Waals surface area contributed by atoms with Gasteiger partial charge in [-0.05, 0) is 24.3 Å². The van der Waals surface area contributed by atoms with Crippen LogP contribution in [0.25, 0.3) is 0 Å². The van der Waals surface area contributed by atoms with Crippen molar-refractivity contribution in [2.75, 3.05) is 24.9 Å². The van der Waals surface area contributed by atoms with Gasteiger partial charge in [0.25, 0.3) is 0 Å². The largest absolute Gasteiger partial charge is 0.395 e. The molecule has 18 heavy (non-hydrogen) atoms. The lowest BCUT2D eigenvalue weighted by molar-refractivity contribution is 0.100. The molecule has 0 aliphatic carbocycles. The second-order valence-corrected chi connectivity index (χ2v) is 5.37. The number of hydrogen-bond donors (Lipinski definition) is 3. The third kappa shape index (κ3) is 3.69. The van der Waals surface area contributed by atoms with E-state index in [0.717, 1.165) is 4.31 Å². The molecule has 1 rings (SSSR count). The maximum Gasteiger partial charge on any atom is 0.301 e. The third-order valence-corrected chi connectivity index (χ3v) is 3.74. The van der Waals surface area contributed by atoms with E-state index >= 15 is 0 Å². The number of likely N-dealkylation sites (N-methyl/N-ethyl adjacent to an activating group) is 1. The Morgan fingerprint density at radius 1 is 1.39 bits per heavy atom. The van der Waals surface area contributed by atoms with Gasteiger partial charge in [-0.25, -0.2) is 0 Å². The van der Waals surface area contributed by atoms with E-state index in [1.165, 1.54) is 31.3 Å². The van der Waals surface area contributed by atoms with Crippen LogP contribution >= 0.6 is 0 Å². The predicted molar refractivity (Wildman–Crippen MR) is 67.2 cm³/mol. The summed E-state index contributed by atoms with van der Waals surface area (Å²) in [6.45, 7) is -0.271. The first-order valence-corrected chi connectivity index (χ1v) is 6.55. The van der Waals surface area contributed by atoms with Crippen LogP contribution in [-0.2, 0) is 10.2 Å². The topological polar surface area (TPSA) is 113 Å². The number of nitrogens with two attached hydrogens (primary N) is 1. The number of nitrogens with one attached hydrogen (secondary N) is 1. The normalized spacial score (nSPS) is 11.5. The molecule has 0 aliphatic heterocycles. The van der Waals surface area contributed by atoms with Gasteiger partial charge in [0.15, 0.2) is 0 Å². The maximum absolute atomic E-state index is 11.7. The zero-order chi connectivity index (χ0) is 13.8. The highest BCUT2D eigenvalue weighted by Gasteiger charge is 2.16. The van der Waals surface area contributed by atoms with E-state index in [9.17, 15) is 13.2 Å². The Morgan fingerprint density at radius 3 is 2.39 bits per heavy atom. The molecule has 4 N–H and O–H groups in total. The monoisotopic (exact) mass is 273 g/mol. The summed E-state index contributed by atoms with van der Waals surface area (Å²) in [5, 5.41) is 8.68. The summed E-state index contributed by atoms with van der Waals surface area (Å²) in [6.07, 6.45) is 0. The highest BCUT2D eigenvalue weighted by atomic mass is 32.2. The lowest BCUT2D eigenvalue weighted by Crippen LogP contribution is -2.34. The Labute approximate surface area is 105 Å². The number of rotatable bonds is 6. The number of benzene rings is 1. The van der Waals surface area contributed by atoms with Gasteiger partial charge in [0.05, 0.1) is 6.61 Å². The summed E-state index contributed by atoms with van der Waals surface area (Å²) in [5.74, 6) is -0.582. The highest BCUT2D eigenvalue weighted by molar-refractivity contribution is 7.90. The van der Waals surface area contributed by atoms with Crippen molar-refractivity contribution in [3.8, 4) is 0 Å². The van der Waals surface area contributed by atoms with E-state index in [-0.39, 0.29) is 13.2 Å². The summed E-state index contributed by atoms with van der Waals surface area (Å²) in [7, 11) is -2.36. The number of carbonyl (C=O) groups excluding carboxylic acids is 1. The molecule has 0 fully saturated rings. The predicted octanol–water partition coefficient (Wildman–Crippen LogP) is -0.634. The van der Waals surface area contributed by atoms with Crippen LogP contribution in [0.3, 0.4) is 0 Å². The molecule has 100 valence electrons. The Kier molecular flexibility index (Phi) is 4.65. The van der Waals surface area contributed by atoms with Crippen LogP contribution < -0.4 is 10.5 Å². The number of anilines is 1. The van der Waals surface area contributed by atoms with Crippen LogP contribution in [-0.4, -0.2) is 43.9 Å². The van der Waals surface area contributed by atoms with Gasteiger partial charge in [0.1, 0.15) is 0 Å². The van der Waals surface area contributed by atoms with Gasteiger partial charge >= 0.3 is 10.2 Å². The maximum atomic E-state index is 11.7. The van der Waals surface area contributed by atoms with Crippen LogP contribution in [0.15, 0.2) is 24.3 Å². The molecular weight excluding hydrogens is 258 g/mol. The minimum absolute atomic E-state index is 0.00526. The molecule has 1 aromatic rings. The fourth-order valence-corrected chi connectivity index (χ4v) is 2.10. The molecule has 0 radical (unpaired) electrons. The number of primary amides is 1. The zero-order valence-corrected chi connectivity index (χ0v) is 10.6. The number of aliphatic hydroxyl groups is 1. The van der Waals surface area contributed by atoms with Crippen LogP contribution in [0, 0.1) is 0 Å². The summed E-state index contributed by atoms with van der Waals surface area (Å²) in [4.78, 5) is 10.8. The van der Waals surface area contributed by atoms with Crippen molar-refractivity contribution in [2.45, 2.75) is 0 Å². The van der Waals surface area contributed by atoms with Crippen molar-refractivity contribution in [2.24, 2.45) is 5.73 Å². The number of carbonyl (C=O) groups is 1. The molecule has 0 atom stereocenters. The van der Waals surface area contributed by atoms with E-state index in [4.69, 9.17) is 10.8 Å². The van der Waals surface area contributed by atoms with Crippen LogP contribution in [0.2, 0.25) is 0 Å². The molecule has 1 amide bonds. The van der Waals surface area contributed by atoms with Gasteiger partial charge in [-0.1, -0.05) is 0 Å². The fourth-order valence-electron chi connectivity index (χ4n) is 1.19. The van der Waals surface area contributed by atoms with Crippen molar-refractivity contribution in [3.05, 3.63) is 29.8 Å². The average Bonchev–Trinajstić information content (AvgIpc) is 2.29. The van der Waals surface area contributed by atoms with Crippen molar-refractivity contribution in [1.82, 2.24) is 4.31 Å². The molecule has 0 heterocycles. The third-order valence-electron chi connectivity index (χ3n) is 2.24. The smallest absolute Gasteiger partial charge is 0.301 e. The summed E-state index contributed by atoms with van der Waals surface area (Å²) in [5.41, 5.74) is 5.67. The minimum Gasteiger partial charge on any atom is -0.395 e. The number of nitrogens with zero attached hydrogens (tertiary/aromatic N) is 1. The van der Waals surface area contributed by atoms with Crippen LogP contribution in [0.1, 0.15) is 10.4 Å². The molecule has 8 heteroatoms. The van der Waals surface area contributed by atoms with Crippen molar-refractivity contribution in [3.63, 3.8) is 0 Å². The zero-order valence-electron chi connectivity index (χ0n) is 9.83. The molecule has 0 saturated heterocycles. The van der Waals surface area contributed by atoms with Crippen LogP contribution in [0.5, 0.6) is 0 Å².